The van der Waals surface area contributed by atoms with Gasteiger partial charge < -0.3 is 0 Å². The SMILES string of the molecule is O=c1cnc2ncccc2n1Cc1c(F)cc(-c2ccc3cnccc3c2)cc1F. The molecule has 0 aliphatic heterocycles. The standard InChI is InChI=1S/C23H14F2N4O/c24-19-9-17(14-3-4-16-11-26-7-5-15(16)8-14)10-20(25)18(19)13-29-21-2-1-6-27-23(21)28-12-22(29)30/h1-12H,13H2. The number of pyridine rings is 2. The second kappa shape index (κ2) is 7.11. The summed E-state index contributed by atoms with van der Waals surface area (Å²) in [6.45, 7) is -0.259. The van der Waals surface area contributed by atoms with E-state index in [4.69, 9.17) is 0 Å². The number of aromatic nitrogens is 4. The Labute approximate surface area is 169 Å². The number of rotatable bonds is 3. The second-order valence-electron chi connectivity index (χ2n) is 6.88. The van der Waals surface area contributed by atoms with Crippen LogP contribution in [-0.4, -0.2) is 19.5 Å². The second-order valence-corrected chi connectivity index (χ2v) is 6.88. The molecule has 3 heterocycles. The molecule has 0 unspecified atom stereocenters. The van der Waals surface area contributed by atoms with Gasteiger partial charge in [0.2, 0.25) is 0 Å². The maximum absolute atomic E-state index is 14.9. The fraction of sp³-hybridized carbons (Fsp3) is 0.0435. The lowest BCUT2D eigenvalue weighted by molar-refractivity contribution is 0.545. The number of nitrogens with zero attached hydrogens (tertiary/aromatic N) is 4. The zero-order valence-corrected chi connectivity index (χ0v) is 15.6. The van der Waals surface area contributed by atoms with E-state index in [0.29, 0.717) is 22.3 Å². The molecular formula is C23H14F2N4O. The smallest absolute Gasteiger partial charge is 0.269 e. The molecule has 0 amide bonds. The molecule has 5 aromatic rings. The third kappa shape index (κ3) is 3.10. The van der Waals surface area contributed by atoms with Crippen molar-refractivity contribution in [2.24, 2.45) is 0 Å². The first-order valence-electron chi connectivity index (χ1n) is 9.23. The van der Waals surface area contributed by atoms with E-state index in [1.54, 1.807) is 36.8 Å². The van der Waals surface area contributed by atoms with Crippen LogP contribution in [0.5, 0.6) is 0 Å². The largest absolute Gasteiger partial charge is 0.299 e. The van der Waals surface area contributed by atoms with Crippen LogP contribution in [-0.2, 0) is 6.54 Å². The first-order chi connectivity index (χ1) is 14.6. The molecule has 0 bridgehead atoms. The zero-order valence-electron chi connectivity index (χ0n) is 15.6. The first-order valence-corrected chi connectivity index (χ1v) is 9.23. The molecule has 2 aromatic carbocycles. The maximum atomic E-state index is 14.9. The first kappa shape index (κ1) is 18.1. The molecule has 30 heavy (non-hydrogen) atoms. The fourth-order valence-corrected chi connectivity index (χ4v) is 3.51. The molecule has 0 aliphatic rings. The summed E-state index contributed by atoms with van der Waals surface area (Å²) in [5, 5.41) is 1.87. The van der Waals surface area contributed by atoms with Crippen LogP contribution < -0.4 is 5.56 Å². The monoisotopic (exact) mass is 400 g/mol. The van der Waals surface area contributed by atoms with Gasteiger partial charge in [-0.3, -0.25) is 14.3 Å². The summed E-state index contributed by atoms with van der Waals surface area (Å²) in [5.41, 5.74) is 1.20. The van der Waals surface area contributed by atoms with E-state index in [1.807, 2.05) is 18.2 Å². The molecule has 0 spiro atoms. The van der Waals surface area contributed by atoms with Gasteiger partial charge in [0.1, 0.15) is 11.6 Å². The Kier molecular flexibility index (Phi) is 4.28. The van der Waals surface area contributed by atoms with Crippen molar-refractivity contribution in [1.82, 2.24) is 19.5 Å². The van der Waals surface area contributed by atoms with Gasteiger partial charge in [0.05, 0.1) is 18.3 Å². The highest BCUT2D eigenvalue weighted by atomic mass is 19.1. The van der Waals surface area contributed by atoms with Crippen LogP contribution in [0.25, 0.3) is 33.1 Å². The van der Waals surface area contributed by atoms with E-state index in [1.165, 1.54) is 16.7 Å². The summed E-state index contributed by atoms with van der Waals surface area (Å²) in [6.07, 6.45) is 6.04. The van der Waals surface area contributed by atoms with Gasteiger partial charge >= 0.3 is 0 Å². The molecule has 0 fully saturated rings. The molecule has 0 saturated heterocycles. The van der Waals surface area contributed by atoms with Crippen molar-refractivity contribution in [1.29, 1.82) is 0 Å². The maximum Gasteiger partial charge on any atom is 0.269 e. The van der Waals surface area contributed by atoms with Crippen molar-refractivity contribution >= 4 is 21.9 Å². The third-order valence-electron chi connectivity index (χ3n) is 5.05. The van der Waals surface area contributed by atoms with E-state index in [0.717, 1.165) is 17.0 Å². The van der Waals surface area contributed by atoms with Crippen molar-refractivity contribution < 1.29 is 8.78 Å². The summed E-state index contributed by atoms with van der Waals surface area (Å²) >= 11 is 0. The number of hydrogen-bond acceptors (Lipinski definition) is 4. The molecule has 146 valence electrons. The lowest BCUT2D eigenvalue weighted by Gasteiger charge is -2.12. The summed E-state index contributed by atoms with van der Waals surface area (Å²) in [7, 11) is 0. The van der Waals surface area contributed by atoms with Crippen LogP contribution >= 0.6 is 0 Å². The van der Waals surface area contributed by atoms with Gasteiger partial charge in [-0.05, 0) is 52.9 Å². The van der Waals surface area contributed by atoms with Gasteiger partial charge in [-0.15, -0.1) is 0 Å². The summed E-state index contributed by atoms with van der Waals surface area (Å²) in [5.74, 6) is -1.44. The topological polar surface area (TPSA) is 60.7 Å². The van der Waals surface area contributed by atoms with Crippen LogP contribution in [0.3, 0.4) is 0 Å². The minimum atomic E-state index is -0.722. The molecule has 0 saturated carbocycles. The molecule has 0 N–H and O–H groups in total. The Morgan fingerprint density at radius 2 is 1.67 bits per heavy atom. The minimum Gasteiger partial charge on any atom is -0.299 e. The van der Waals surface area contributed by atoms with E-state index < -0.39 is 17.2 Å². The van der Waals surface area contributed by atoms with Gasteiger partial charge in [-0.25, -0.2) is 18.7 Å². The molecule has 0 radical (unpaired) electrons. The van der Waals surface area contributed by atoms with Crippen molar-refractivity contribution in [2.75, 3.05) is 0 Å². The highest BCUT2D eigenvalue weighted by molar-refractivity contribution is 5.86. The third-order valence-corrected chi connectivity index (χ3v) is 5.05. The predicted octanol–water partition coefficient (Wildman–Crippen LogP) is 4.33. The van der Waals surface area contributed by atoms with E-state index >= 15 is 0 Å². The zero-order chi connectivity index (χ0) is 20.7. The Morgan fingerprint density at radius 3 is 2.50 bits per heavy atom. The van der Waals surface area contributed by atoms with Crippen molar-refractivity contribution in [3.63, 3.8) is 0 Å². The van der Waals surface area contributed by atoms with Gasteiger partial charge in [0.15, 0.2) is 5.65 Å². The molecule has 0 aliphatic carbocycles. The van der Waals surface area contributed by atoms with Gasteiger partial charge in [-0.1, -0.05) is 12.1 Å². The van der Waals surface area contributed by atoms with Crippen molar-refractivity contribution in [2.45, 2.75) is 6.54 Å². The van der Waals surface area contributed by atoms with Gasteiger partial charge in [0, 0.05) is 29.5 Å². The average Bonchev–Trinajstić information content (AvgIpc) is 2.77. The molecule has 3 aromatic heterocycles. The van der Waals surface area contributed by atoms with Gasteiger partial charge in [-0.2, -0.15) is 0 Å². The minimum absolute atomic E-state index is 0.192. The number of halogens is 2. The molecule has 5 rings (SSSR count). The average molecular weight is 400 g/mol. The fourth-order valence-electron chi connectivity index (χ4n) is 3.51. The molecule has 0 atom stereocenters. The Hall–Kier alpha value is -4.00. The van der Waals surface area contributed by atoms with Crippen molar-refractivity contribution in [3.05, 3.63) is 101 Å². The van der Waals surface area contributed by atoms with Crippen LogP contribution in [0.2, 0.25) is 0 Å². The summed E-state index contributed by atoms with van der Waals surface area (Å²) in [6, 6.07) is 13.2. The molecular weight excluding hydrogens is 386 g/mol. The van der Waals surface area contributed by atoms with E-state index in [9.17, 15) is 13.6 Å². The Morgan fingerprint density at radius 1 is 0.833 bits per heavy atom. The van der Waals surface area contributed by atoms with Crippen LogP contribution in [0, 0.1) is 11.6 Å². The van der Waals surface area contributed by atoms with Crippen molar-refractivity contribution in [3.8, 4) is 11.1 Å². The lowest BCUT2D eigenvalue weighted by atomic mass is 10.00. The quantitative estimate of drug-likeness (QED) is 0.452. The Bertz CT molecular complexity index is 1460. The van der Waals surface area contributed by atoms with E-state index in [-0.39, 0.29) is 12.1 Å². The summed E-state index contributed by atoms with van der Waals surface area (Å²) < 4.78 is 31.1. The molecule has 7 heteroatoms. The number of benzene rings is 2. The Balaban J connectivity index is 1.58. The highest BCUT2D eigenvalue weighted by Gasteiger charge is 2.15. The summed E-state index contributed by atoms with van der Waals surface area (Å²) in [4.78, 5) is 24.4. The lowest BCUT2D eigenvalue weighted by Crippen LogP contribution is -2.22. The number of hydrogen-bond donors (Lipinski definition) is 0. The van der Waals surface area contributed by atoms with Crippen LogP contribution in [0.15, 0.2) is 78.1 Å². The highest BCUT2D eigenvalue weighted by Crippen LogP contribution is 2.28. The normalized spacial score (nSPS) is 11.3. The molecule has 5 nitrogen and oxygen atoms in total. The van der Waals surface area contributed by atoms with E-state index in [2.05, 4.69) is 15.0 Å². The van der Waals surface area contributed by atoms with Crippen LogP contribution in [0.4, 0.5) is 8.78 Å². The van der Waals surface area contributed by atoms with Crippen LogP contribution in [0.1, 0.15) is 5.56 Å². The van der Waals surface area contributed by atoms with Gasteiger partial charge in [0.25, 0.3) is 5.56 Å². The number of fused-ring (bicyclic) bond motifs is 2. The predicted molar refractivity (Wildman–Crippen MR) is 110 cm³/mol.